The predicted molar refractivity (Wildman–Crippen MR) is 89.2 cm³/mol. The number of carbonyl (C=O) groups excluding carboxylic acids is 1. The van der Waals surface area contributed by atoms with Crippen molar-refractivity contribution in [2.75, 3.05) is 10.8 Å². The molecule has 0 saturated carbocycles. The number of anilines is 1. The van der Waals surface area contributed by atoms with Gasteiger partial charge >= 0.3 is 0 Å². The number of hydrazine groups is 1. The number of hydrogen-bond acceptors (Lipinski definition) is 4. The summed E-state index contributed by atoms with van der Waals surface area (Å²) >= 11 is 0. The van der Waals surface area contributed by atoms with Crippen LogP contribution in [0.25, 0.3) is 0 Å². The minimum atomic E-state index is -3.87. The molecule has 2 aromatic rings. The first-order valence-corrected chi connectivity index (χ1v) is 8.44. The number of hydrogen-bond donors (Lipinski definition) is 2. The summed E-state index contributed by atoms with van der Waals surface area (Å²) < 4.78 is 26.8. The maximum atomic E-state index is 12.9. The highest BCUT2D eigenvalue weighted by Crippen LogP contribution is 2.25. The summed E-state index contributed by atoms with van der Waals surface area (Å²) in [5.74, 6) is 4.52. The normalized spacial score (nSPS) is 11.1. The van der Waals surface area contributed by atoms with Gasteiger partial charge in [0.25, 0.3) is 15.9 Å². The molecule has 7 heteroatoms. The Balaban J connectivity index is 2.54. The number of amides is 1. The highest BCUT2D eigenvalue weighted by atomic mass is 32.2. The summed E-state index contributed by atoms with van der Waals surface area (Å²) in [7, 11) is -3.87. The standard InChI is InChI=1S/C16H19N3O3S/c1-12-8-9-14(10-13(12)2)19(11-16(20)18-17)23(21,22)15-6-4-3-5-7-15/h3-10H,11,17H2,1-2H3,(H,18,20). The van der Waals surface area contributed by atoms with Crippen LogP contribution in [0.4, 0.5) is 5.69 Å². The Bertz CT molecular complexity index is 805. The number of carbonyl (C=O) groups is 1. The number of benzene rings is 2. The number of sulfonamides is 1. The van der Waals surface area contributed by atoms with E-state index >= 15 is 0 Å². The Kier molecular flexibility index (Phi) is 5.02. The van der Waals surface area contributed by atoms with E-state index in [1.54, 1.807) is 30.3 Å². The number of nitrogens with one attached hydrogen (secondary N) is 1. The van der Waals surface area contributed by atoms with E-state index < -0.39 is 22.5 Å². The molecule has 0 spiro atoms. The zero-order valence-electron chi connectivity index (χ0n) is 13.0. The number of nitrogens with two attached hydrogens (primary N) is 1. The molecule has 3 N–H and O–H groups in total. The van der Waals surface area contributed by atoms with Crippen LogP contribution < -0.4 is 15.6 Å². The zero-order valence-corrected chi connectivity index (χ0v) is 13.8. The number of rotatable bonds is 5. The van der Waals surface area contributed by atoms with Crippen molar-refractivity contribution >= 4 is 21.6 Å². The Labute approximate surface area is 135 Å². The first kappa shape index (κ1) is 17.0. The van der Waals surface area contributed by atoms with Gasteiger partial charge in [0.15, 0.2) is 0 Å². The second kappa shape index (κ2) is 6.80. The lowest BCUT2D eigenvalue weighted by Crippen LogP contribution is -2.43. The van der Waals surface area contributed by atoms with Gasteiger partial charge in [-0.3, -0.25) is 14.5 Å². The summed E-state index contributed by atoms with van der Waals surface area (Å²) in [6, 6.07) is 13.2. The van der Waals surface area contributed by atoms with Gasteiger partial charge in [0.1, 0.15) is 6.54 Å². The third kappa shape index (κ3) is 3.69. The first-order valence-electron chi connectivity index (χ1n) is 7.00. The Hall–Kier alpha value is -2.38. The van der Waals surface area contributed by atoms with Crippen molar-refractivity contribution < 1.29 is 13.2 Å². The summed E-state index contributed by atoms with van der Waals surface area (Å²) in [5, 5.41) is 0. The fourth-order valence-corrected chi connectivity index (χ4v) is 3.53. The SMILES string of the molecule is Cc1ccc(N(CC(=O)NN)S(=O)(=O)c2ccccc2)cc1C. The molecule has 0 aliphatic rings. The average Bonchev–Trinajstić information content (AvgIpc) is 2.55. The summed E-state index contributed by atoms with van der Waals surface area (Å²) in [5.41, 5.74) is 4.36. The molecular weight excluding hydrogens is 314 g/mol. The van der Waals surface area contributed by atoms with Gasteiger partial charge in [-0.1, -0.05) is 24.3 Å². The highest BCUT2D eigenvalue weighted by molar-refractivity contribution is 7.92. The lowest BCUT2D eigenvalue weighted by molar-refractivity contribution is -0.119. The quantitative estimate of drug-likeness (QED) is 0.492. The molecule has 0 atom stereocenters. The molecule has 2 rings (SSSR count). The molecule has 2 aromatic carbocycles. The van der Waals surface area contributed by atoms with Crippen LogP contribution in [0.15, 0.2) is 53.4 Å². The van der Waals surface area contributed by atoms with Crippen molar-refractivity contribution in [1.29, 1.82) is 0 Å². The Morgan fingerprint density at radius 1 is 1.09 bits per heavy atom. The molecular formula is C16H19N3O3S. The first-order chi connectivity index (χ1) is 10.9. The number of aryl methyl sites for hydroxylation is 2. The minimum Gasteiger partial charge on any atom is -0.293 e. The van der Waals surface area contributed by atoms with E-state index in [1.165, 1.54) is 12.1 Å². The average molecular weight is 333 g/mol. The molecule has 23 heavy (non-hydrogen) atoms. The van der Waals surface area contributed by atoms with Gasteiger partial charge in [0.2, 0.25) is 0 Å². The Morgan fingerprint density at radius 3 is 2.30 bits per heavy atom. The smallest absolute Gasteiger partial charge is 0.264 e. The van der Waals surface area contributed by atoms with Crippen molar-refractivity contribution in [3.63, 3.8) is 0 Å². The van der Waals surface area contributed by atoms with Crippen LogP contribution >= 0.6 is 0 Å². The molecule has 0 unspecified atom stereocenters. The molecule has 1 amide bonds. The lowest BCUT2D eigenvalue weighted by atomic mass is 10.1. The minimum absolute atomic E-state index is 0.114. The van der Waals surface area contributed by atoms with Crippen molar-refractivity contribution in [2.45, 2.75) is 18.7 Å². The van der Waals surface area contributed by atoms with E-state index in [4.69, 9.17) is 5.84 Å². The van der Waals surface area contributed by atoms with E-state index in [-0.39, 0.29) is 4.90 Å². The molecule has 0 aromatic heterocycles. The van der Waals surface area contributed by atoms with Crippen molar-refractivity contribution in [3.8, 4) is 0 Å². The van der Waals surface area contributed by atoms with Crippen molar-refractivity contribution in [1.82, 2.24) is 5.43 Å². The summed E-state index contributed by atoms with van der Waals surface area (Å²) in [6.07, 6.45) is 0. The topological polar surface area (TPSA) is 92.5 Å². The van der Waals surface area contributed by atoms with Gasteiger partial charge < -0.3 is 0 Å². The molecule has 122 valence electrons. The van der Waals surface area contributed by atoms with E-state index in [9.17, 15) is 13.2 Å². The zero-order chi connectivity index (χ0) is 17.0. The van der Waals surface area contributed by atoms with Crippen molar-refractivity contribution in [3.05, 3.63) is 59.7 Å². The van der Waals surface area contributed by atoms with Crippen LogP contribution in [-0.2, 0) is 14.8 Å². The van der Waals surface area contributed by atoms with Crippen LogP contribution in [0.1, 0.15) is 11.1 Å². The van der Waals surface area contributed by atoms with Crippen LogP contribution in [0, 0.1) is 13.8 Å². The van der Waals surface area contributed by atoms with Gasteiger partial charge in [-0.25, -0.2) is 14.3 Å². The van der Waals surface area contributed by atoms with Crippen LogP contribution in [0.2, 0.25) is 0 Å². The van der Waals surface area contributed by atoms with E-state index in [0.717, 1.165) is 15.4 Å². The van der Waals surface area contributed by atoms with Crippen LogP contribution in [0.3, 0.4) is 0 Å². The lowest BCUT2D eigenvalue weighted by Gasteiger charge is -2.24. The van der Waals surface area contributed by atoms with Gasteiger partial charge in [-0.2, -0.15) is 0 Å². The molecule has 0 radical (unpaired) electrons. The largest absolute Gasteiger partial charge is 0.293 e. The monoisotopic (exact) mass is 333 g/mol. The van der Waals surface area contributed by atoms with Crippen LogP contribution in [-0.4, -0.2) is 20.9 Å². The Morgan fingerprint density at radius 2 is 1.74 bits per heavy atom. The van der Waals surface area contributed by atoms with Crippen molar-refractivity contribution in [2.24, 2.45) is 5.84 Å². The van der Waals surface area contributed by atoms with E-state index in [2.05, 4.69) is 0 Å². The van der Waals surface area contributed by atoms with Crippen LogP contribution in [0.5, 0.6) is 0 Å². The van der Waals surface area contributed by atoms with Gasteiger partial charge in [-0.15, -0.1) is 0 Å². The maximum Gasteiger partial charge on any atom is 0.264 e. The van der Waals surface area contributed by atoms with Gasteiger partial charge in [0, 0.05) is 0 Å². The second-order valence-corrected chi connectivity index (χ2v) is 7.02. The molecule has 0 heterocycles. The molecule has 0 fully saturated rings. The van der Waals surface area contributed by atoms with Gasteiger partial charge in [0.05, 0.1) is 10.6 Å². The molecule has 0 aliphatic carbocycles. The summed E-state index contributed by atoms with van der Waals surface area (Å²) in [6.45, 7) is 3.42. The molecule has 0 saturated heterocycles. The molecule has 0 bridgehead atoms. The second-order valence-electron chi connectivity index (χ2n) is 5.16. The third-order valence-corrected chi connectivity index (χ3v) is 5.35. The maximum absolute atomic E-state index is 12.9. The third-order valence-electron chi connectivity index (χ3n) is 3.56. The molecule has 6 nitrogen and oxygen atoms in total. The van der Waals surface area contributed by atoms with Gasteiger partial charge in [-0.05, 0) is 49.2 Å². The predicted octanol–water partition coefficient (Wildman–Crippen LogP) is 1.49. The fraction of sp³-hybridized carbons (Fsp3) is 0.188. The number of nitrogens with zero attached hydrogens (tertiary/aromatic N) is 1. The molecule has 0 aliphatic heterocycles. The van der Waals surface area contributed by atoms with E-state index in [1.807, 2.05) is 25.3 Å². The van der Waals surface area contributed by atoms with E-state index in [0.29, 0.717) is 5.69 Å². The highest BCUT2D eigenvalue weighted by Gasteiger charge is 2.27. The summed E-state index contributed by atoms with van der Waals surface area (Å²) in [4.78, 5) is 11.8. The fourth-order valence-electron chi connectivity index (χ4n) is 2.09.